The molecular formula is C8H12N2O2. The van der Waals surface area contributed by atoms with Crippen LogP contribution in [0.2, 0.25) is 0 Å². The number of amides is 2. The fourth-order valence-corrected chi connectivity index (χ4v) is 0.969. The Kier molecular flexibility index (Phi) is 2.17. The lowest BCUT2D eigenvalue weighted by atomic mass is 10.4. The van der Waals surface area contributed by atoms with Crippen LogP contribution in [0.3, 0.4) is 0 Å². The van der Waals surface area contributed by atoms with Crippen molar-refractivity contribution in [1.82, 2.24) is 9.80 Å². The molecule has 0 aromatic rings. The Morgan fingerprint density at radius 1 is 1.33 bits per heavy atom. The predicted molar refractivity (Wildman–Crippen MR) is 44.2 cm³/mol. The monoisotopic (exact) mass is 168 g/mol. The van der Waals surface area contributed by atoms with Gasteiger partial charge in [0.05, 0.1) is 0 Å². The molecule has 0 unspecified atom stereocenters. The van der Waals surface area contributed by atoms with E-state index in [1.165, 1.54) is 15.9 Å². The van der Waals surface area contributed by atoms with Crippen LogP contribution in [0.4, 0.5) is 0 Å². The number of hydrogen-bond donors (Lipinski definition) is 0. The second-order valence-corrected chi connectivity index (χ2v) is 2.93. The molecule has 66 valence electrons. The van der Waals surface area contributed by atoms with Gasteiger partial charge >= 0.3 is 0 Å². The molecule has 0 aromatic heterocycles. The van der Waals surface area contributed by atoms with Crippen LogP contribution in [0.1, 0.15) is 6.92 Å². The van der Waals surface area contributed by atoms with Gasteiger partial charge in [-0.15, -0.1) is 0 Å². The molecule has 0 bridgehead atoms. The lowest BCUT2D eigenvalue weighted by Crippen LogP contribution is -2.34. The second-order valence-electron chi connectivity index (χ2n) is 2.93. The standard InChI is InChI=1S/C8H12N2O2/c1-6-4-7(11)9(2)5-8(12)10(6)3/h4H,5H2,1-3H3. The molecular weight excluding hydrogens is 156 g/mol. The van der Waals surface area contributed by atoms with Gasteiger partial charge in [-0.25, -0.2) is 0 Å². The Morgan fingerprint density at radius 2 is 1.92 bits per heavy atom. The molecule has 1 rings (SSSR count). The summed E-state index contributed by atoms with van der Waals surface area (Å²) in [5.41, 5.74) is 0.689. The maximum absolute atomic E-state index is 11.3. The quantitative estimate of drug-likeness (QED) is 0.503. The topological polar surface area (TPSA) is 40.6 Å². The largest absolute Gasteiger partial charge is 0.333 e. The lowest BCUT2D eigenvalue weighted by Gasteiger charge is -2.16. The smallest absolute Gasteiger partial charge is 0.248 e. The molecule has 4 nitrogen and oxygen atoms in total. The van der Waals surface area contributed by atoms with E-state index in [-0.39, 0.29) is 18.4 Å². The van der Waals surface area contributed by atoms with Crippen LogP contribution < -0.4 is 0 Å². The third-order valence-corrected chi connectivity index (χ3v) is 1.98. The highest BCUT2D eigenvalue weighted by Gasteiger charge is 2.20. The Morgan fingerprint density at radius 3 is 2.50 bits per heavy atom. The molecule has 4 heteroatoms. The minimum atomic E-state index is -0.120. The molecule has 0 aliphatic carbocycles. The van der Waals surface area contributed by atoms with Crippen LogP contribution in [0.25, 0.3) is 0 Å². The predicted octanol–water partition coefficient (Wildman–Crippen LogP) is -0.179. The summed E-state index contributed by atoms with van der Waals surface area (Å²) in [6.07, 6.45) is 1.46. The summed E-state index contributed by atoms with van der Waals surface area (Å²) >= 11 is 0. The molecule has 1 aliphatic rings. The normalized spacial score (nSPS) is 19.4. The van der Waals surface area contributed by atoms with E-state index in [0.29, 0.717) is 5.70 Å². The summed E-state index contributed by atoms with van der Waals surface area (Å²) < 4.78 is 0. The zero-order valence-corrected chi connectivity index (χ0v) is 7.50. The molecule has 0 radical (unpaired) electrons. The number of nitrogens with zero attached hydrogens (tertiary/aromatic N) is 2. The lowest BCUT2D eigenvalue weighted by molar-refractivity contribution is -0.133. The van der Waals surface area contributed by atoms with E-state index >= 15 is 0 Å². The van der Waals surface area contributed by atoms with Crippen molar-refractivity contribution in [3.63, 3.8) is 0 Å². The zero-order chi connectivity index (χ0) is 9.30. The highest BCUT2D eigenvalue weighted by Crippen LogP contribution is 2.06. The van der Waals surface area contributed by atoms with Gasteiger partial charge in [-0.2, -0.15) is 0 Å². The van der Waals surface area contributed by atoms with Gasteiger partial charge in [0, 0.05) is 25.9 Å². The minimum absolute atomic E-state index is 0.0582. The van der Waals surface area contributed by atoms with Crippen molar-refractivity contribution in [3.8, 4) is 0 Å². The third kappa shape index (κ3) is 1.47. The van der Waals surface area contributed by atoms with Crippen LogP contribution in [-0.4, -0.2) is 42.3 Å². The summed E-state index contributed by atoms with van der Waals surface area (Å²) in [6.45, 7) is 1.90. The molecule has 0 saturated heterocycles. The summed E-state index contributed by atoms with van der Waals surface area (Å²) in [6, 6.07) is 0. The SMILES string of the molecule is CC1=CC(=O)N(C)CC(=O)N1C. The van der Waals surface area contributed by atoms with E-state index in [9.17, 15) is 9.59 Å². The first-order valence-corrected chi connectivity index (χ1v) is 3.72. The summed E-state index contributed by atoms with van der Waals surface area (Å²) in [7, 11) is 3.28. The first-order valence-electron chi connectivity index (χ1n) is 3.72. The first kappa shape index (κ1) is 8.77. The van der Waals surface area contributed by atoms with E-state index in [1.807, 2.05) is 0 Å². The first-order chi connectivity index (χ1) is 5.52. The van der Waals surface area contributed by atoms with Gasteiger partial charge in [-0.05, 0) is 6.92 Å². The molecule has 2 amide bonds. The highest BCUT2D eigenvalue weighted by atomic mass is 16.2. The van der Waals surface area contributed by atoms with Gasteiger partial charge in [-0.3, -0.25) is 9.59 Å². The Balaban J connectivity index is 2.95. The summed E-state index contributed by atoms with van der Waals surface area (Å²) in [5.74, 6) is -0.178. The number of rotatable bonds is 0. The van der Waals surface area contributed by atoms with E-state index in [2.05, 4.69) is 0 Å². The highest BCUT2D eigenvalue weighted by molar-refractivity contribution is 5.94. The van der Waals surface area contributed by atoms with Crippen LogP contribution >= 0.6 is 0 Å². The summed E-state index contributed by atoms with van der Waals surface area (Å²) in [4.78, 5) is 25.3. The van der Waals surface area contributed by atoms with E-state index in [1.54, 1.807) is 21.0 Å². The van der Waals surface area contributed by atoms with Crippen LogP contribution in [0.15, 0.2) is 11.8 Å². The number of hydrogen-bond acceptors (Lipinski definition) is 2. The Hall–Kier alpha value is -1.32. The molecule has 12 heavy (non-hydrogen) atoms. The van der Waals surface area contributed by atoms with Gasteiger partial charge in [0.15, 0.2) is 0 Å². The van der Waals surface area contributed by atoms with Gasteiger partial charge in [0.25, 0.3) is 0 Å². The van der Waals surface area contributed by atoms with Crippen LogP contribution in [0, 0.1) is 0 Å². The maximum Gasteiger partial charge on any atom is 0.248 e. The van der Waals surface area contributed by atoms with E-state index in [4.69, 9.17) is 0 Å². The van der Waals surface area contributed by atoms with Crippen LogP contribution in [-0.2, 0) is 9.59 Å². The van der Waals surface area contributed by atoms with E-state index in [0.717, 1.165) is 0 Å². The number of carbonyl (C=O) groups excluding carboxylic acids is 2. The minimum Gasteiger partial charge on any atom is -0.333 e. The van der Waals surface area contributed by atoms with Crippen LogP contribution in [0.5, 0.6) is 0 Å². The van der Waals surface area contributed by atoms with Gasteiger partial charge in [-0.1, -0.05) is 0 Å². The molecule has 0 aromatic carbocycles. The third-order valence-electron chi connectivity index (χ3n) is 1.98. The van der Waals surface area contributed by atoms with Crippen molar-refractivity contribution in [2.45, 2.75) is 6.92 Å². The molecule has 0 spiro atoms. The number of likely N-dealkylation sites (N-methyl/N-ethyl adjacent to an activating group) is 2. The van der Waals surface area contributed by atoms with Crippen molar-refractivity contribution in [2.24, 2.45) is 0 Å². The number of allylic oxidation sites excluding steroid dienone is 1. The van der Waals surface area contributed by atoms with Crippen molar-refractivity contribution in [3.05, 3.63) is 11.8 Å². The molecule has 0 fully saturated rings. The van der Waals surface area contributed by atoms with Crippen molar-refractivity contribution >= 4 is 11.8 Å². The number of carbonyl (C=O) groups is 2. The van der Waals surface area contributed by atoms with Crippen molar-refractivity contribution in [1.29, 1.82) is 0 Å². The fourth-order valence-electron chi connectivity index (χ4n) is 0.969. The Bertz CT molecular complexity index is 258. The fraction of sp³-hybridized carbons (Fsp3) is 0.500. The maximum atomic E-state index is 11.3. The molecule has 1 heterocycles. The average molecular weight is 168 g/mol. The molecule has 1 aliphatic heterocycles. The second kappa shape index (κ2) is 2.97. The van der Waals surface area contributed by atoms with Crippen molar-refractivity contribution in [2.75, 3.05) is 20.6 Å². The van der Waals surface area contributed by atoms with Gasteiger partial charge in [0.2, 0.25) is 11.8 Å². The molecule has 0 N–H and O–H groups in total. The van der Waals surface area contributed by atoms with Gasteiger partial charge < -0.3 is 9.80 Å². The zero-order valence-electron chi connectivity index (χ0n) is 7.50. The Labute approximate surface area is 71.4 Å². The van der Waals surface area contributed by atoms with Gasteiger partial charge in [0.1, 0.15) is 6.54 Å². The molecule has 0 atom stereocenters. The summed E-state index contributed by atoms with van der Waals surface area (Å²) in [5, 5.41) is 0. The van der Waals surface area contributed by atoms with E-state index < -0.39 is 0 Å². The van der Waals surface area contributed by atoms with Crippen molar-refractivity contribution < 1.29 is 9.59 Å². The molecule has 0 saturated carbocycles. The average Bonchev–Trinajstić information content (AvgIpc) is 2.07.